The van der Waals surface area contributed by atoms with E-state index in [1.807, 2.05) is 19.1 Å². The molecule has 1 heterocycles. The van der Waals surface area contributed by atoms with Crippen LogP contribution in [0.1, 0.15) is 48.4 Å². The minimum absolute atomic E-state index is 0.149. The number of hydrogen-bond donors (Lipinski definition) is 1. The van der Waals surface area contributed by atoms with Crippen LogP contribution in [0.3, 0.4) is 0 Å². The summed E-state index contributed by atoms with van der Waals surface area (Å²) in [6.07, 6.45) is 0. The van der Waals surface area contributed by atoms with Crippen LogP contribution in [0.25, 0.3) is 0 Å². The predicted molar refractivity (Wildman–Crippen MR) is 94.1 cm³/mol. The fraction of sp³-hybridized carbons (Fsp3) is 0.412. The molecule has 2 rings (SSSR count). The molecule has 0 saturated carbocycles. The van der Waals surface area contributed by atoms with Gasteiger partial charge in [-0.1, -0.05) is 49.2 Å². The highest BCUT2D eigenvalue weighted by Gasteiger charge is 2.22. The first-order valence-electron chi connectivity index (χ1n) is 7.58. The maximum absolute atomic E-state index is 12.6. The Labute approximate surface area is 146 Å². The van der Waals surface area contributed by atoms with Crippen LogP contribution in [0.2, 0.25) is 10.2 Å². The van der Waals surface area contributed by atoms with E-state index >= 15 is 0 Å². The summed E-state index contributed by atoms with van der Waals surface area (Å²) in [7, 11) is 0. The lowest BCUT2D eigenvalue weighted by molar-refractivity contribution is 0.0939. The highest BCUT2D eigenvalue weighted by molar-refractivity contribution is 6.33. The van der Waals surface area contributed by atoms with Crippen LogP contribution in [0, 0.1) is 12.8 Å². The molecule has 0 saturated heterocycles. The van der Waals surface area contributed by atoms with Crippen molar-refractivity contribution in [2.75, 3.05) is 0 Å². The number of nitrogens with zero attached hydrogens (tertiary/aromatic N) is 2. The van der Waals surface area contributed by atoms with Gasteiger partial charge in [-0.15, -0.1) is 0 Å². The monoisotopic (exact) mass is 353 g/mol. The summed E-state index contributed by atoms with van der Waals surface area (Å²) in [5.41, 5.74) is 2.05. The number of nitrogens with one attached hydrogen (secondary N) is 1. The van der Waals surface area contributed by atoms with E-state index in [1.54, 1.807) is 23.7 Å². The number of carbonyl (C=O) groups excluding carboxylic acids is 1. The van der Waals surface area contributed by atoms with Crippen molar-refractivity contribution in [3.63, 3.8) is 0 Å². The van der Waals surface area contributed by atoms with Crippen LogP contribution in [-0.2, 0) is 6.54 Å². The summed E-state index contributed by atoms with van der Waals surface area (Å²) in [5, 5.41) is 8.38. The SMILES string of the molecule is Cc1nn(CC(C)C)c(Cl)c1C(=O)NC(C)c1ccc(Cl)cc1. The Hall–Kier alpha value is -1.52. The lowest BCUT2D eigenvalue weighted by Gasteiger charge is -2.14. The first kappa shape index (κ1) is 17.8. The second kappa shape index (κ2) is 7.37. The Morgan fingerprint density at radius 3 is 2.39 bits per heavy atom. The molecule has 1 unspecified atom stereocenters. The molecular formula is C17H21Cl2N3O. The lowest BCUT2D eigenvalue weighted by Crippen LogP contribution is -2.27. The molecule has 0 aliphatic rings. The third-order valence-corrected chi connectivity index (χ3v) is 4.18. The van der Waals surface area contributed by atoms with Gasteiger partial charge in [-0.25, -0.2) is 0 Å². The van der Waals surface area contributed by atoms with Gasteiger partial charge in [0.1, 0.15) is 5.15 Å². The zero-order valence-electron chi connectivity index (χ0n) is 13.7. The van der Waals surface area contributed by atoms with E-state index in [1.165, 1.54) is 0 Å². The zero-order chi connectivity index (χ0) is 17.1. The van der Waals surface area contributed by atoms with E-state index in [2.05, 4.69) is 24.3 Å². The molecule has 124 valence electrons. The Balaban J connectivity index is 2.17. The third-order valence-electron chi connectivity index (χ3n) is 3.55. The average molecular weight is 354 g/mol. The van der Waals surface area contributed by atoms with Gasteiger partial charge in [0.05, 0.1) is 17.3 Å². The molecule has 0 bridgehead atoms. The molecule has 1 atom stereocenters. The molecule has 1 aromatic heterocycles. The van der Waals surface area contributed by atoms with Crippen LogP contribution >= 0.6 is 23.2 Å². The number of halogens is 2. The first-order valence-corrected chi connectivity index (χ1v) is 8.34. The first-order chi connectivity index (χ1) is 10.8. The van der Waals surface area contributed by atoms with Gasteiger partial charge in [-0.05, 0) is 37.5 Å². The van der Waals surface area contributed by atoms with Crippen LogP contribution in [0.15, 0.2) is 24.3 Å². The summed E-state index contributed by atoms with van der Waals surface area (Å²) >= 11 is 12.2. The molecule has 1 N–H and O–H groups in total. The highest BCUT2D eigenvalue weighted by atomic mass is 35.5. The molecule has 2 aromatic rings. The Kier molecular flexibility index (Phi) is 5.71. The number of aromatic nitrogens is 2. The van der Waals surface area contributed by atoms with Crippen LogP contribution < -0.4 is 5.32 Å². The number of aryl methyl sites for hydroxylation is 1. The smallest absolute Gasteiger partial charge is 0.256 e. The molecular weight excluding hydrogens is 333 g/mol. The van der Waals surface area contributed by atoms with Gasteiger partial charge in [0.15, 0.2) is 0 Å². The summed E-state index contributed by atoms with van der Waals surface area (Å²) in [6.45, 7) is 8.55. The largest absolute Gasteiger partial charge is 0.345 e. The van der Waals surface area contributed by atoms with Crippen LogP contribution in [-0.4, -0.2) is 15.7 Å². The van der Waals surface area contributed by atoms with Crippen molar-refractivity contribution >= 4 is 29.1 Å². The molecule has 0 radical (unpaired) electrons. The van der Waals surface area contributed by atoms with Crippen LogP contribution in [0.4, 0.5) is 0 Å². The van der Waals surface area contributed by atoms with Crippen molar-refractivity contribution in [2.45, 2.75) is 40.3 Å². The summed E-state index contributed by atoms with van der Waals surface area (Å²) < 4.78 is 1.68. The molecule has 1 amide bonds. The number of benzene rings is 1. The molecule has 0 aliphatic carbocycles. The van der Waals surface area contributed by atoms with Gasteiger partial charge >= 0.3 is 0 Å². The quantitative estimate of drug-likeness (QED) is 0.850. The average Bonchev–Trinajstić information content (AvgIpc) is 2.73. The molecule has 1 aromatic carbocycles. The van der Waals surface area contributed by atoms with Crippen LogP contribution in [0.5, 0.6) is 0 Å². The van der Waals surface area contributed by atoms with Gasteiger partial charge in [-0.3, -0.25) is 9.48 Å². The molecule has 0 fully saturated rings. The molecule has 4 nitrogen and oxygen atoms in total. The van der Waals surface area contributed by atoms with E-state index in [0.717, 1.165) is 5.56 Å². The standard InChI is InChI=1S/C17H21Cl2N3O/c1-10(2)9-22-16(19)15(12(4)21-22)17(23)20-11(3)13-5-7-14(18)8-6-13/h5-8,10-11H,9H2,1-4H3,(H,20,23). The highest BCUT2D eigenvalue weighted by Crippen LogP contribution is 2.22. The van der Waals surface area contributed by atoms with Crippen molar-refractivity contribution in [1.82, 2.24) is 15.1 Å². The minimum Gasteiger partial charge on any atom is -0.345 e. The topological polar surface area (TPSA) is 46.9 Å². The predicted octanol–water partition coefficient (Wildman–Crippen LogP) is 4.65. The Morgan fingerprint density at radius 2 is 1.83 bits per heavy atom. The summed E-state index contributed by atoms with van der Waals surface area (Å²) in [6, 6.07) is 7.24. The summed E-state index contributed by atoms with van der Waals surface area (Å²) in [5.74, 6) is 0.181. The Bertz CT molecular complexity index is 693. The molecule has 23 heavy (non-hydrogen) atoms. The van der Waals surface area contributed by atoms with E-state index in [-0.39, 0.29) is 11.9 Å². The maximum Gasteiger partial charge on any atom is 0.256 e. The zero-order valence-corrected chi connectivity index (χ0v) is 15.2. The number of rotatable bonds is 5. The fourth-order valence-corrected chi connectivity index (χ4v) is 2.84. The van der Waals surface area contributed by atoms with Crippen molar-refractivity contribution in [2.24, 2.45) is 5.92 Å². The van der Waals surface area contributed by atoms with Gasteiger partial charge in [0.2, 0.25) is 0 Å². The number of carbonyl (C=O) groups is 1. The van der Waals surface area contributed by atoms with E-state index in [9.17, 15) is 4.79 Å². The summed E-state index contributed by atoms with van der Waals surface area (Å²) in [4.78, 5) is 12.6. The molecule has 0 aliphatic heterocycles. The number of amides is 1. The van der Waals surface area contributed by atoms with Crippen molar-refractivity contribution in [1.29, 1.82) is 0 Å². The van der Waals surface area contributed by atoms with E-state index in [4.69, 9.17) is 23.2 Å². The van der Waals surface area contributed by atoms with Crippen molar-refractivity contribution in [3.05, 3.63) is 51.3 Å². The third kappa shape index (κ3) is 4.27. The number of hydrogen-bond acceptors (Lipinski definition) is 2. The van der Waals surface area contributed by atoms with Crippen molar-refractivity contribution in [3.8, 4) is 0 Å². The maximum atomic E-state index is 12.6. The Morgan fingerprint density at radius 1 is 1.22 bits per heavy atom. The van der Waals surface area contributed by atoms with Gasteiger partial charge < -0.3 is 5.32 Å². The van der Waals surface area contributed by atoms with Gasteiger partial charge in [0, 0.05) is 11.6 Å². The fourth-order valence-electron chi connectivity index (χ4n) is 2.38. The molecule has 0 spiro atoms. The van der Waals surface area contributed by atoms with E-state index < -0.39 is 0 Å². The minimum atomic E-state index is -0.218. The van der Waals surface area contributed by atoms with Gasteiger partial charge in [-0.2, -0.15) is 5.10 Å². The second-order valence-electron chi connectivity index (χ2n) is 6.07. The van der Waals surface area contributed by atoms with Gasteiger partial charge in [0.25, 0.3) is 5.91 Å². The van der Waals surface area contributed by atoms with E-state index in [0.29, 0.717) is 33.9 Å². The normalized spacial score (nSPS) is 12.5. The molecule has 6 heteroatoms. The lowest BCUT2D eigenvalue weighted by atomic mass is 10.1. The second-order valence-corrected chi connectivity index (χ2v) is 6.87. The van der Waals surface area contributed by atoms with Crippen molar-refractivity contribution < 1.29 is 4.79 Å².